The SMILES string of the molecule is C=Cc1ccc2cboc2c1. The summed E-state index contributed by atoms with van der Waals surface area (Å²) in [5, 5.41) is 1.13. The van der Waals surface area contributed by atoms with Crippen molar-refractivity contribution in [2.75, 3.05) is 0 Å². The predicted molar refractivity (Wildman–Crippen MR) is 47.7 cm³/mol. The molecule has 0 saturated carbocycles. The molecule has 0 aliphatic heterocycles. The van der Waals surface area contributed by atoms with E-state index in [2.05, 4.69) is 6.58 Å². The molecule has 1 aromatic heterocycles. The van der Waals surface area contributed by atoms with Crippen LogP contribution in [-0.2, 0) is 0 Å². The molecule has 2 rings (SSSR count). The Morgan fingerprint density at radius 1 is 1.45 bits per heavy atom. The molecule has 0 unspecified atom stereocenters. The summed E-state index contributed by atoms with van der Waals surface area (Å²) in [5.41, 5.74) is 2.01. The first-order valence-electron chi connectivity index (χ1n) is 3.50. The van der Waals surface area contributed by atoms with Gasteiger partial charge in [0.2, 0.25) is 0 Å². The third-order valence-corrected chi connectivity index (χ3v) is 1.72. The molecule has 1 heterocycles. The molecule has 2 aromatic rings. The first kappa shape index (κ1) is 6.41. The van der Waals surface area contributed by atoms with E-state index in [1.807, 2.05) is 30.2 Å². The molecule has 1 aromatic carbocycles. The van der Waals surface area contributed by atoms with Crippen molar-refractivity contribution < 1.29 is 4.33 Å². The van der Waals surface area contributed by atoms with E-state index in [1.54, 1.807) is 7.13 Å². The molecular formula is C9H7BO. The zero-order valence-corrected chi connectivity index (χ0v) is 6.08. The van der Waals surface area contributed by atoms with Gasteiger partial charge >= 0.3 is 64.8 Å². The van der Waals surface area contributed by atoms with Gasteiger partial charge in [0.1, 0.15) is 0 Å². The molecule has 1 nitrogen and oxygen atoms in total. The van der Waals surface area contributed by atoms with Crippen LogP contribution in [0.2, 0.25) is 0 Å². The third-order valence-electron chi connectivity index (χ3n) is 1.72. The molecule has 0 aliphatic rings. The number of hydrogen-bond acceptors (Lipinski definition) is 1. The molecule has 2 heteroatoms. The molecule has 0 amide bonds. The molecule has 52 valence electrons. The van der Waals surface area contributed by atoms with Crippen LogP contribution < -0.4 is 0 Å². The van der Waals surface area contributed by atoms with E-state index in [1.165, 1.54) is 0 Å². The maximum atomic E-state index is 5.21. The van der Waals surface area contributed by atoms with E-state index in [0.717, 1.165) is 16.5 Å². The van der Waals surface area contributed by atoms with Crippen LogP contribution in [0, 0.1) is 0 Å². The number of rotatable bonds is 1. The second kappa shape index (κ2) is 2.38. The fourth-order valence-electron chi connectivity index (χ4n) is 1.10. The van der Waals surface area contributed by atoms with Gasteiger partial charge in [0.05, 0.1) is 0 Å². The van der Waals surface area contributed by atoms with Crippen LogP contribution >= 0.6 is 0 Å². The Bertz CT molecular complexity index is 389. The van der Waals surface area contributed by atoms with Gasteiger partial charge in [-0.3, -0.25) is 0 Å². The van der Waals surface area contributed by atoms with Crippen molar-refractivity contribution in [1.29, 1.82) is 0 Å². The van der Waals surface area contributed by atoms with Gasteiger partial charge in [-0.25, -0.2) is 0 Å². The van der Waals surface area contributed by atoms with Crippen molar-refractivity contribution in [1.82, 2.24) is 0 Å². The van der Waals surface area contributed by atoms with Gasteiger partial charge in [-0.15, -0.1) is 0 Å². The predicted octanol–water partition coefficient (Wildman–Crippen LogP) is 2.41. The van der Waals surface area contributed by atoms with Crippen molar-refractivity contribution in [3.8, 4) is 0 Å². The number of fused-ring (bicyclic) bond motifs is 1. The van der Waals surface area contributed by atoms with E-state index < -0.39 is 0 Å². The first-order valence-corrected chi connectivity index (χ1v) is 3.50. The zero-order valence-electron chi connectivity index (χ0n) is 6.08. The first-order chi connectivity index (χ1) is 5.40. The monoisotopic (exact) mass is 142 g/mol. The van der Waals surface area contributed by atoms with Gasteiger partial charge in [-0.05, 0) is 0 Å². The van der Waals surface area contributed by atoms with Crippen molar-refractivity contribution in [2.24, 2.45) is 0 Å². The topological polar surface area (TPSA) is 13.1 Å². The molecule has 0 bridgehead atoms. The third kappa shape index (κ3) is 1.00. The molecule has 0 aliphatic carbocycles. The Morgan fingerprint density at radius 3 is 3.18 bits per heavy atom. The van der Waals surface area contributed by atoms with Crippen LogP contribution in [-0.4, -0.2) is 7.13 Å². The fraction of sp³-hybridized carbons (Fsp3) is 0. The average molecular weight is 142 g/mol. The minimum atomic E-state index is 0.919. The minimum absolute atomic E-state index is 0.919. The van der Waals surface area contributed by atoms with Crippen LogP contribution in [0.1, 0.15) is 5.56 Å². The Kier molecular flexibility index (Phi) is 1.39. The van der Waals surface area contributed by atoms with Crippen molar-refractivity contribution in [3.63, 3.8) is 0 Å². The molecule has 0 spiro atoms. The summed E-state index contributed by atoms with van der Waals surface area (Å²) in [5.74, 6) is 1.95. The molecule has 0 N–H and O–H groups in total. The Morgan fingerprint density at radius 2 is 2.36 bits per heavy atom. The van der Waals surface area contributed by atoms with Crippen LogP contribution in [0.3, 0.4) is 0 Å². The fourth-order valence-corrected chi connectivity index (χ4v) is 1.10. The average Bonchev–Trinajstić information content (AvgIpc) is 2.50. The van der Waals surface area contributed by atoms with Gasteiger partial charge < -0.3 is 0 Å². The molecule has 11 heavy (non-hydrogen) atoms. The standard InChI is InChI=1S/C9H7BO/c1-2-7-3-4-8-6-10-11-9(8)5-7/h2-6H,1H2. The van der Waals surface area contributed by atoms with Gasteiger partial charge in [0, 0.05) is 0 Å². The van der Waals surface area contributed by atoms with E-state index in [4.69, 9.17) is 4.33 Å². The summed E-state index contributed by atoms with van der Waals surface area (Å²) in [6.07, 6.45) is 1.81. The van der Waals surface area contributed by atoms with Crippen molar-refractivity contribution in [2.45, 2.75) is 0 Å². The molecule has 0 fully saturated rings. The van der Waals surface area contributed by atoms with E-state index >= 15 is 0 Å². The van der Waals surface area contributed by atoms with Gasteiger partial charge in [-0.1, -0.05) is 0 Å². The maximum absolute atomic E-state index is 5.21. The van der Waals surface area contributed by atoms with Gasteiger partial charge in [0.15, 0.2) is 0 Å². The van der Waals surface area contributed by atoms with Crippen molar-refractivity contribution >= 4 is 24.2 Å². The Hall–Kier alpha value is -1.31. The zero-order chi connectivity index (χ0) is 7.68. The van der Waals surface area contributed by atoms with E-state index in [-0.39, 0.29) is 0 Å². The second-order valence-corrected chi connectivity index (χ2v) is 2.42. The Labute approximate surface area is 65.6 Å². The van der Waals surface area contributed by atoms with E-state index in [0.29, 0.717) is 0 Å². The van der Waals surface area contributed by atoms with Crippen LogP contribution in [0.25, 0.3) is 17.0 Å². The molecule has 0 atom stereocenters. The van der Waals surface area contributed by atoms with Gasteiger partial charge in [-0.2, -0.15) is 0 Å². The van der Waals surface area contributed by atoms with Gasteiger partial charge in [0.25, 0.3) is 0 Å². The summed E-state index contributed by atoms with van der Waals surface area (Å²) >= 11 is 0. The van der Waals surface area contributed by atoms with Crippen molar-refractivity contribution in [3.05, 3.63) is 36.3 Å². The van der Waals surface area contributed by atoms with Crippen LogP contribution in [0.15, 0.2) is 35.1 Å². The Balaban J connectivity index is 2.76. The summed E-state index contributed by atoms with van der Waals surface area (Å²) in [6, 6.07) is 6.02. The normalized spacial score (nSPS) is 9.82. The molecule has 0 radical (unpaired) electrons. The summed E-state index contributed by atoms with van der Waals surface area (Å²) in [6.45, 7) is 3.68. The summed E-state index contributed by atoms with van der Waals surface area (Å²) < 4.78 is 5.21. The summed E-state index contributed by atoms with van der Waals surface area (Å²) in [4.78, 5) is 0. The number of hydrogen-bond donors (Lipinski definition) is 0. The number of benzene rings is 1. The van der Waals surface area contributed by atoms with E-state index in [9.17, 15) is 0 Å². The van der Waals surface area contributed by atoms with Crippen LogP contribution in [0.4, 0.5) is 0 Å². The molecule has 0 saturated heterocycles. The quantitative estimate of drug-likeness (QED) is 0.595. The van der Waals surface area contributed by atoms with Crippen LogP contribution in [0.5, 0.6) is 0 Å². The molecular weight excluding hydrogens is 135 g/mol. The summed E-state index contributed by atoms with van der Waals surface area (Å²) in [7, 11) is 1.69. The second-order valence-electron chi connectivity index (χ2n) is 2.42.